The van der Waals surface area contributed by atoms with Gasteiger partial charge in [0.1, 0.15) is 0 Å². The van der Waals surface area contributed by atoms with Crippen LogP contribution in [0.2, 0.25) is 0 Å². The zero-order valence-electron chi connectivity index (χ0n) is 12.9. The predicted molar refractivity (Wildman–Crippen MR) is 101 cm³/mol. The molecule has 22 heavy (non-hydrogen) atoms. The first-order valence-corrected chi connectivity index (χ1v) is 9.01. The molecule has 2 aromatic carbocycles. The van der Waals surface area contributed by atoms with E-state index < -0.39 is 0 Å². The molecule has 0 aromatic heterocycles. The summed E-state index contributed by atoms with van der Waals surface area (Å²) in [6.07, 6.45) is 5.95. The molecule has 0 saturated carbocycles. The minimum atomic E-state index is 0.410. The first-order valence-electron chi connectivity index (χ1n) is 7.93. The quantitative estimate of drug-likeness (QED) is 0.475. The summed E-state index contributed by atoms with van der Waals surface area (Å²) < 4.78 is 1.32. The highest BCUT2D eigenvalue weighted by molar-refractivity contribution is 14.1. The third kappa shape index (κ3) is 2.28. The zero-order chi connectivity index (χ0) is 15.3. The van der Waals surface area contributed by atoms with E-state index in [1.165, 1.54) is 37.9 Å². The van der Waals surface area contributed by atoms with Crippen LogP contribution in [0.3, 0.4) is 0 Å². The molecule has 0 spiro atoms. The van der Waals surface area contributed by atoms with Crippen molar-refractivity contribution in [2.45, 2.75) is 32.2 Å². The Balaban J connectivity index is 1.83. The van der Waals surface area contributed by atoms with Gasteiger partial charge in [0.15, 0.2) is 0 Å². The lowest BCUT2D eigenvalue weighted by Gasteiger charge is -2.38. The number of nitrogens with one attached hydrogen (secondary N) is 1. The maximum absolute atomic E-state index is 3.84. The van der Waals surface area contributed by atoms with E-state index in [2.05, 4.69) is 90.3 Å². The molecule has 2 heteroatoms. The Hall–Kier alpha value is -1.29. The van der Waals surface area contributed by atoms with Crippen LogP contribution in [-0.4, -0.2) is 0 Å². The molecule has 1 heterocycles. The van der Waals surface area contributed by atoms with Crippen molar-refractivity contribution in [3.05, 3.63) is 74.4 Å². The normalized spacial score (nSPS) is 25.5. The molecule has 112 valence electrons. The molecule has 0 fully saturated rings. The Morgan fingerprint density at radius 2 is 1.91 bits per heavy atom. The Morgan fingerprint density at radius 1 is 1.05 bits per heavy atom. The Labute approximate surface area is 146 Å². The van der Waals surface area contributed by atoms with Gasteiger partial charge in [-0.05, 0) is 83.7 Å². The van der Waals surface area contributed by atoms with Crippen molar-refractivity contribution < 1.29 is 0 Å². The molecule has 2 aliphatic rings. The van der Waals surface area contributed by atoms with Crippen molar-refractivity contribution in [1.29, 1.82) is 0 Å². The van der Waals surface area contributed by atoms with Crippen LogP contribution in [0.15, 0.2) is 48.6 Å². The Morgan fingerprint density at radius 3 is 2.77 bits per heavy atom. The molecule has 0 unspecified atom stereocenters. The molecule has 4 rings (SSSR count). The molecular formula is C20H20IN. The Kier molecular flexibility index (Phi) is 3.52. The van der Waals surface area contributed by atoms with Crippen LogP contribution in [0, 0.1) is 23.3 Å². The summed E-state index contributed by atoms with van der Waals surface area (Å²) in [5.41, 5.74) is 6.97. The van der Waals surface area contributed by atoms with Gasteiger partial charge in [-0.15, -0.1) is 0 Å². The summed E-state index contributed by atoms with van der Waals surface area (Å²) in [4.78, 5) is 0. The molecule has 0 radical (unpaired) electrons. The molecule has 0 bridgehead atoms. The summed E-state index contributed by atoms with van der Waals surface area (Å²) in [5.74, 6) is 1.18. The maximum Gasteiger partial charge on any atom is 0.0556 e. The second-order valence-corrected chi connectivity index (χ2v) is 7.81. The van der Waals surface area contributed by atoms with Crippen LogP contribution in [0.25, 0.3) is 0 Å². The zero-order valence-corrected chi connectivity index (χ0v) is 15.1. The van der Waals surface area contributed by atoms with Gasteiger partial charge in [-0.3, -0.25) is 0 Å². The average Bonchev–Trinajstić information content (AvgIpc) is 2.99. The van der Waals surface area contributed by atoms with E-state index in [-0.39, 0.29) is 0 Å². The molecular weight excluding hydrogens is 381 g/mol. The smallest absolute Gasteiger partial charge is 0.0556 e. The van der Waals surface area contributed by atoms with Gasteiger partial charge in [0.25, 0.3) is 0 Å². The highest BCUT2D eigenvalue weighted by atomic mass is 127. The predicted octanol–water partition coefficient (Wildman–Crippen LogP) is 5.73. The minimum absolute atomic E-state index is 0.410. The highest BCUT2D eigenvalue weighted by Crippen LogP contribution is 2.50. The number of benzene rings is 2. The lowest BCUT2D eigenvalue weighted by Crippen LogP contribution is -2.29. The van der Waals surface area contributed by atoms with E-state index in [0.717, 1.165) is 0 Å². The number of allylic oxidation sites excluding steroid dienone is 2. The molecule has 1 N–H and O–H groups in total. The maximum atomic E-state index is 3.84. The van der Waals surface area contributed by atoms with E-state index in [4.69, 9.17) is 0 Å². The van der Waals surface area contributed by atoms with E-state index in [9.17, 15) is 0 Å². The lowest BCUT2D eigenvalue weighted by molar-refractivity contribution is 0.424. The van der Waals surface area contributed by atoms with Crippen LogP contribution in [-0.2, 0) is 0 Å². The Bertz CT molecular complexity index is 762. The number of hydrogen-bond donors (Lipinski definition) is 1. The summed E-state index contributed by atoms with van der Waals surface area (Å²) >= 11 is 2.41. The number of halogens is 1. The van der Waals surface area contributed by atoms with Crippen LogP contribution in [0.4, 0.5) is 5.69 Å². The summed E-state index contributed by atoms with van der Waals surface area (Å²) in [5, 5.41) is 3.84. The fraction of sp³-hybridized carbons (Fsp3) is 0.300. The molecule has 1 aliphatic heterocycles. The van der Waals surface area contributed by atoms with Crippen molar-refractivity contribution in [2.24, 2.45) is 5.92 Å². The third-order valence-corrected chi connectivity index (χ3v) is 5.77. The summed E-state index contributed by atoms with van der Waals surface area (Å²) in [6.45, 7) is 4.42. The van der Waals surface area contributed by atoms with Crippen LogP contribution in [0.1, 0.15) is 40.6 Å². The van der Waals surface area contributed by atoms with Crippen molar-refractivity contribution in [3.8, 4) is 0 Å². The standard InChI is InChI=1S/C20H20IN/c1-12-6-7-13(2)17(10-12)20-16-5-3-4-15(16)18-11-14(21)8-9-19(18)22-20/h3-4,6-11,15-16,20,22H,5H2,1-2H3/t15-,16+,20-/m1/s1. The number of rotatable bonds is 1. The van der Waals surface area contributed by atoms with Gasteiger partial charge in [-0.1, -0.05) is 35.9 Å². The first kappa shape index (κ1) is 14.3. The fourth-order valence-electron chi connectivity index (χ4n) is 3.97. The van der Waals surface area contributed by atoms with Crippen molar-refractivity contribution >= 4 is 28.3 Å². The minimum Gasteiger partial charge on any atom is -0.378 e. The third-order valence-electron chi connectivity index (χ3n) is 5.09. The SMILES string of the molecule is Cc1ccc(C)c([C@@H]2Nc3ccc(I)cc3[C@@H]3C=CC[C@@H]32)c1. The van der Waals surface area contributed by atoms with Gasteiger partial charge in [0.05, 0.1) is 6.04 Å². The average molecular weight is 401 g/mol. The second kappa shape index (κ2) is 5.41. The number of aryl methyl sites for hydroxylation is 2. The molecule has 0 saturated heterocycles. The summed E-state index contributed by atoms with van der Waals surface area (Å²) in [7, 11) is 0. The number of hydrogen-bond acceptors (Lipinski definition) is 1. The molecule has 2 aromatic rings. The van der Waals surface area contributed by atoms with Crippen LogP contribution >= 0.6 is 22.6 Å². The van der Waals surface area contributed by atoms with E-state index in [1.807, 2.05) is 0 Å². The lowest BCUT2D eigenvalue weighted by atomic mass is 9.76. The molecule has 0 amide bonds. The van der Waals surface area contributed by atoms with E-state index >= 15 is 0 Å². The second-order valence-electron chi connectivity index (χ2n) is 6.57. The van der Waals surface area contributed by atoms with Gasteiger partial charge < -0.3 is 5.32 Å². The number of fused-ring (bicyclic) bond motifs is 3. The van der Waals surface area contributed by atoms with Crippen LogP contribution < -0.4 is 5.32 Å². The van der Waals surface area contributed by atoms with Crippen molar-refractivity contribution in [2.75, 3.05) is 5.32 Å². The van der Waals surface area contributed by atoms with Crippen molar-refractivity contribution in [3.63, 3.8) is 0 Å². The number of anilines is 1. The topological polar surface area (TPSA) is 12.0 Å². The molecule has 1 aliphatic carbocycles. The van der Waals surface area contributed by atoms with E-state index in [0.29, 0.717) is 17.9 Å². The summed E-state index contributed by atoms with van der Waals surface area (Å²) in [6, 6.07) is 14.0. The van der Waals surface area contributed by atoms with Gasteiger partial charge in [-0.2, -0.15) is 0 Å². The van der Waals surface area contributed by atoms with Crippen molar-refractivity contribution in [1.82, 2.24) is 0 Å². The first-order chi connectivity index (χ1) is 10.6. The van der Waals surface area contributed by atoms with Gasteiger partial charge in [-0.25, -0.2) is 0 Å². The largest absolute Gasteiger partial charge is 0.378 e. The molecule has 1 nitrogen and oxygen atoms in total. The van der Waals surface area contributed by atoms with Gasteiger partial charge in [0.2, 0.25) is 0 Å². The van der Waals surface area contributed by atoms with Crippen LogP contribution in [0.5, 0.6) is 0 Å². The van der Waals surface area contributed by atoms with Gasteiger partial charge in [0, 0.05) is 15.2 Å². The fourth-order valence-corrected chi connectivity index (χ4v) is 4.48. The van der Waals surface area contributed by atoms with Gasteiger partial charge >= 0.3 is 0 Å². The van der Waals surface area contributed by atoms with E-state index in [1.54, 1.807) is 0 Å². The highest BCUT2D eigenvalue weighted by Gasteiger charge is 2.38. The monoisotopic (exact) mass is 401 g/mol. The molecule has 3 atom stereocenters.